The fourth-order valence-electron chi connectivity index (χ4n) is 2.25. The number of halogens is 1. The van der Waals surface area contributed by atoms with Gasteiger partial charge in [0.05, 0.1) is 0 Å². The summed E-state index contributed by atoms with van der Waals surface area (Å²) in [4.78, 5) is 2.28. The molecular formula is C14H21FN2O. The van der Waals surface area contributed by atoms with Crippen LogP contribution < -0.4 is 10.1 Å². The number of likely N-dealkylation sites (N-methyl/N-ethyl adjacent to an activating group) is 1. The molecule has 0 amide bonds. The van der Waals surface area contributed by atoms with E-state index in [0.717, 1.165) is 19.6 Å². The van der Waals surface area contributed by atoms with Crippen LogP contribution in [0.2, 0.25) is 0 Å². The summed E-state index contributed by atoms with van der Waals surface area (Å²) >= 11 is 0. The molecule has 1 atom stereocenters. The Kier molecular flexibility index (Phi) is 4.96. The quantitative estimate of drug-likeness (QED) is 0.866. The summed E-state index contributed by atoms with van der Waals surface area (Å²) in [5.74, 6) is 0.0483. The van der Waals surface area contributed by atoms with Crippen LogP contribution >= 0.6 is 0 Å². The Morgan fingerprint density at radius 2 is 2.28 bits per heavy atom. The summed E-state index contributed by atoms with van der Waals surface area (Å²) in [6.45, 7) is 3.50. The Morgan fingerprint density at radius 3 is 3.00 bits per heavy atom. The van der Waals surface area contributed by atoms with Gasteiger partial charge in [0, 0.05) is 19.1 Å². The zero-order chi connectivity index (χ0) is 12.8. The number of benzene rings is 1. The molecule has 1 aliphatic rings. The van der Waals surface area contributed by atoms with Crippen LogP contribution in [0.1, 0.15) is 12.8 Å². The molecule has 1 aliphatic heterocycles. The van der Waals surface area contributed by atoms with Gasteiger partial charge < -0.3 is 10.1 Å². The normalized spacial score (nSPS) is 20.1. The molecule has 4 heteroatoms. The molecule has 0 aromatic heterocycles. The fraction of sp³-hybridized carbons (Fsp3) is 0.571. The van der Waals surface area contributed by atoms with Gasteiger partial charge in [-0.15, -0.1) is 0 Å². The van der Waals surface area contributed by atoms with E-state index in [1.807, 2.05) is 0 Å². The van der Waals surface area contributed by atoms with E-state index in [4.69, 9.17) is 4.74 Å². The Labute approximate surface area is 108 Å². The van der Waals surface area contributed by atoms with E-state index in [9.17, 15) is 4.39 Å². The van der Waals surface area contributed by atoms with Gasteiger partial charge in [-0.2, -0.15) is 0 Å². The third-order valence-corrected chi connectivity index (χ3v) is 3.43. The van der Waals surface area contributed by atoms with Gasteiger partial charge in [-0.3, -0.25) is 4.90 Å². The number of para-hydroxylation sites is 1. The smallest absolute Gasteiger partial charge is 0.165 e. The largest absolute Gasteiger partial charge is 0.489 e. The summed E-state index contributed by atoms with van der Waals surface area (Å²) in [5, 5.41) is 3.39. The fourth-order valence-corrected chi connectivity index (χ4v) is 2.25. The van der Waals surface area contributed by atoms with Gasteiger partial charge in [-0.05, 0) is 38.6 Å². The van der Waals surface area contributed by atoms with Crippen LogP contribution in [-0.4, -0.2) is 44.2 Å². The maximum atomic E-state index is 13.3. The molecule has 3 nitrogen and oxygen atoms in total. The molecule has 1 aromatic carbocycles. The molecule has 0 radical (unpaired) electrons. The zero-order valence-electron chi connectivity index (χ0n) is 10.9. The van der Waals surface area contributed by atoms with Crippen molar-refractivity contribution in [1.82, 2.24) is 10.2 Å². The Morgan fingerprint density at radius 1 is 1.44 bits per heavy atom. The van der Waals surface area contributed by atoms with Crippen molar-refractivity contribution in [1.29, 1.82) is 0 Å². The summed E-state index contributed by atoms with van der Waals surface area (Å²) in [6, 6.07) is 7.11. The minimum atomic E-state index is -0.292. The average molecular weight is 252 g/mol. The van der Waals surface area contributed by atoms with Crippen molar-refractivity contribution in [3.05, 3.63) is 30.1 Å². The monoisotopic (exact) mass is 252 g/mol. The van der Waals surface area contributed by atoms with Gasteiger partial charge in [0.25, 0.3) is 0 Å². The molecule has 100 valence electrons. The van der Waals surface area contributed by atoms with E-state index in [1.54, 1.807) is 18.2 Å². The van der Waals surface area contributed by atoms with Gasteiger partial charge in [0.2, 0.25) is 0 Å². The third-order valence-electron chi connectivity index (χ3n) is 3.43. The maximum Gasteiger partial charge on any atom is 0.165 e. The predicted octanol–water partition coefficient (Wildman–Crippen LogP) is 1.89. The first-order valence-electron chi connectivity index (χ1n) is 6.55. The SMILES string of the molecule is CN(CCOc1ccccc1F)C1CCCNC1. The maximum absolute atomic E-state index is 13.3. The van der Waals surface area contributed by atoms with Crippen molar-refractivity contribution >= 4 is 0 Å². The number of ether oxygens (including phenoxy) is 1. The minimum Gasteiger partial charge on any atom is -0.489 e. The van der Waals surface area contributed by atoms with E-state index < -0.39 is 0 Å². The van der Waals surface area contributed by atoms with Crippen LogP contribution in [0.4, 0.5) is 4.39 Å². The van der Waals surface area contributed by atoms with Crippen molar-refractivity contribution in [2.45, 2.75) is 18.9 Å². The lowest BCUT2D eigenvalue weighted by atomic mass is 10.1. The molecule has 1 heterocycles. The highest BCUT2D eigenvalue weighted by molar-refractivity contribution is 5.23. The van der Waals surface area contributed by atoms with E-state index >= 15 is 0 Å². The highest BCUT2D eigenvalue weighted by Crippen LogP contribution is 2.15. The first kappa shape index (κ1) is 13.3. The molecule has 1 fully saturated rings. The second-order valence-corrected chi connectivity index (χ2v) is 4.76. The summed E-state index contributed by atoms with van der Waals surface area (Å²) < 4.78 is 18.8. The van der Waals surface area contributed by atoms with Crippen LogP contribution in [0.5, 0.6) is 5.75 Å². The van der Waals surface area contributed by atoms with Gasteiger partial charge in [-0.25, -0.2) is 4.39 Å². The summed E-state index contributed by atoms with van der Waals surface area (Å²) in [5.41, 5.74) is 0. The Balaban J connectivity index is 1.73. The number of piperidine rings is 1. The number of nitrogens with zero attached hydrogens (tertiary/aromatic N) is 1. The topological polar surface area (TPSA) is 24.5 Å². The van der Waals surface area contributed by atoms with Crippen molar-refractivity contribution < 1.29 is 9.13 Å². The molecule has 18 heavy (non-hydrogen) atoms. The standard InChI is InChI=1S/C14H21FN2O/c1-17(12-5-4-8-16-11-12)9-10-18-14-7-3-2-6-13(14)15/h2-3,6-7,12,16H,4-5,8-11H2,1H3. The van der Waals surface area contributed by atoms with Gasteiger partial charge in [0.1, 0.15) is 6.61 Å². The van der Waals surface area contributed by atoms with E-state index in [-0.39, 0.29) is 5.82 Å². The molecule has 1 N–H and O–H groups in total. The molecule has 0 saturated carbocycles. The van der Waals surface area contributed by atoms with Crippen LogP contribution in [0.15, 0.2) is 24.3 Å². The van der Waals surface area contributed by atoms with E-state index in [1.165, 1.54) is 18.9 Å². The predicted molar refractivity (Wildman–Crippen MR) is 70.4 cm³/mol. The molecule has 1 saturated heterocycles. The lowest BCUT2D eigenvalue weighted by Crippen LogP contribution is -2.45. The summed E-state index contributed by atoms with van der Waals surface area (Å²) in [7, 11) is 2.10. The summed E-state index contributed by atoms with van der Waals surface area (Å²) in [6.07, 6.45) is 2.45. The van der Waals surface area contributed by atoms with Gasteiger partial charge in [0.15, 0.2) is 11.6 Å². The number of rotatable bonds is 5. The first-order chi connectivity index (χ1) is 8.77. The van der Waals surface area contributed by atoms with Crippen LogP contribution in [0, 0.1) is 5.82 Å². The number of nitrogens with one attached hydrogen (secondary N) is 1. The lowest BCUT2D eigenvalue weighted by molar-refractivity contribution is 0.166. The second-order valence-electron chi connectivity index (χ2n) is 4.76. The molecule has 1 aromatic rings. The highest BCUT2D eigenvalue weighted by Gasteiger charge is 2.17. The zero-order valence-corrected chi connectivity index (χ0v) is 10.9. The average Bonchev–Trinajstić information content (AvgIpc) is 2.42. The second kappa shape index (κ2) is 6.71. The Bertz CT molecular complexity index is 367. The van der Waals surface area contributed by atoms with Gasteiger partial charge >= 0.3 is 0 Å². The van der Waals surface area contributed by atoms with Crippen LogP contribution in [-0.2, 0) is 0 Å². The van der Waals surface area contributed by atoms with E-state index in [0.29, 0.717) is 18.4 Å². The van der Waals surface area contributed by atoms with Crippen molar-refractivity contribution in [3.8, 4) is 5.75 Å². The molecule has 0 bridgehead atoms. The molecule has 1 unspecified atom stereocenters. The number of hydrogen-bond acceptors (Lipinski definition) is 3. The minimum absolute atomic E-state index is 0.292. The lowest BCUT2D eigenvalue weighted by Gasteiger charge is -2.31. The van der Waals surface area contributed by atoms with Gasteiger partial charge in [-0.1, -0.05) is 12.1 Å². The molecular weight excluding hydrogens is 231 g/mol. The molecule has 0 spiro atoms. The molecule has 2 rings (SSSR count). The van der Waals surface area contributed by atoms with Crippen molar-refractivity contribution in [2.24, 2.45) is 0 Å². The van der Waals surface area contributed by atoms with Crippen molar-refractivity contribution in [3.63, 3.8) is 0 Å². The van der Waals surface area contributed by atoms with Crippen molar-refractivity contribution in [2.75, 3.05) is 33.3 Å². The Hall–Kier alpha value is -1.13. The first-order valence-corrected chi connectivity index (χ1v) is 6.55. The third kappa shape index (κ3) is 3.68. The highest BCUT2D eigenvalue weighted by atomic mass is 19.1. The molecule has 0 aliphatic carbocycles. The van der Waals surface area contributed by atoms with Crippen LogP contribution in [0.25, 0.3) is 0 Å². The van der Waals surface area contributed by atoms with E-state index in [2.05, 4.69) is 17.3 Å². The number of hydrogen-bond donors (Lipinski definition) is 1. The van der Waals surface area contributed by atoms with Crippen LogP contribution in [0.3, 0.4) is 0 Å².